The third kappa shape index (κ3) is 1.49. The van der Waals surface area contributed by atoms with Crippen molar-refractivity contribution in [1.29, 1.82) is 0 Å². The van der Waals surface area contributed by atoms with Crippen molar-refractivity contribution in [2.24, 2.45) is 30.7 Å². The minimum atomic E-state index is -0.457. The minimum absolute atomic E-state index is 0.457. The lowest BCUT2D eigenvalue weighted by Gasteiger charge is -2.59. The standard InChI is InChI=1S/C15H22N2O/c1-17-3-2-14(16-17)9-15(18)12-5-10-4-11(7-12)8-13(15)6-10/h2-3,10-13,18H,4-9H2,1H3. The highest BCUT2D eigenvalue weighted by Gasteiger charge is 2.56. The molecule has 4 fully saturated rings. The molecule has 0 saturated heterocycles. The normalized spacial score (nSPS) is 45.7. The first-order chi connectivity index (χ1) is 8.63. The predicted molar refractivity (Wildman–Crippen MR) is 68.9 cm³/mol. The first-order valence-electron chi connectivity index (χ1n) is 7.34. The Bertz CT molecular complexity index is 437. The molecule has 0 aliphatic heterocycles. The Balaban J connectivity index is 1.62. The topological polar surface area (TPSA) is 38.0 Å². The number of aromatic nitrogens is 2. The van der Waals surface area contributed by atoms with E-state index in [9.17, 15) is 5.11 Å². The van der Waals surface area contributed by atoms with E-state index in [2.05, 4.69) is 11.2 Å². The van der Waals surface area contributed by atoms with E-state index in [-0.39, 0.29) is 0 Å². The maximum atomic E-state index is 11.2. The summed E-state index contributed by atoms with van der Waals surface area (Å²) < 4.78 is 1.84. The molecule has 0 unspecified atom stereocenters. The summed E-state index contributed by atoms with van der Waals surface area (Å²) >= 11 is 0. The Morgan fingerprint density at radius 1 is 1.22 bits per heavy atom. The lowest BCUT2D eigenvalue weighted by atomic mass is 9.49. The van der Waals surface area contributed by atoms with E-state index in [0.717, 1.165) is 24.0 Å². The Kier molecular flexibility index (Phi) is 2.20. The molecule has 0 amide bonds. The number of hydrogen-bond acceptors (Lipinski definition) is 2. The smallest absolute Gasteiger partial charge is 0.0760 e. The van der Waals surface area contributed by atoms with Crippen molar-refractivity contribution in [2.75, 3.05) is 0 Å². The van der Waals surface area contributed by atoms with Gasteiger partial charge < -0.3 is 5.11 Å². The van der Waals surface area contributed by atoms with Crippen LogP contribution in [0.3, 0.4) is 0 Å². The van der Waals surface area contributed by atoms with E-state index in [1.165, 1.54) is 32.1 Å². The van der Waals surface area contributed by atoms with Crippen molar-refractivity contribution < 1.29 is 5.11 Å². The van der Waals surface area contributed by atoms with Crippen LogP contribution < -0.4 is 0 Å². The van der Waals surface area contributed by atoms with Gasteiger partial charge in [0.15, 0.2) is 0 Å². The zero-order valence-electron chi connectivity index (χ0n) is 11.0. The number of aliphatic hydroxyl groups is 1. The van der Waals surface area contributed by atoms with Crippen molar-refractivity contribution in [2.45, 2.75) is 44.1 Å². The van der Waals surface area contributed by atoms with Crippen molar-refractivity contribution in [3.05, 3.63) is 18.0 Å². The van der Waals surface area contributed by atoms with Gasteiger partial charge in [-0.2, -0.15) is 5.10 Å². The van der Waals surface area contributed by atoms with Gasteiger partial charge in [0.1, 0.15) is 0 Å². The Labute approximate surface area is 108 Å². The molecule has 0 spiro atoms. The quantitative estimate of drug-likeness (QED) is 0.868. The van der Waals surface area contributed by atoms with E-state index in [1.807, 2.05) is 17.9 Å². The second kappa shape index (κ2) is 3.60. The molecule has 1 aromatic rings. The summed E-state index contributed by atoms with van der Waals surface area (Å²) in [5, 5.41) is 15.7. The van der Waals surface area contributed by atoms with E-state index in [0.29, 0.717) is 11.8 Å². The van der Waals surface area contributed by atoms with Crippen molar-refractivity contribution in [3.63, 3.8) is 0 Å². The van der Waals surface area contributed by atoms with Crippen LogP contribution in [-0.4, -0.2) is 20.5 Å². The van der Waals surface area contributed by atoms with Crippen molar-refractivity contribution in [3.8, 4) is 0 Å². The zero-order chi connectivity index (χ0) is 12.3. The van der Waals surface area contributed by atoms with E-state index in [1.54, 1.807) is 0 Å². The van der Waals surface area contributed by atoms with Crippen molar-refractivity contribution in [1.82, 2.24) is 9.78 Å². The molecule has 4 aliphatic carbocycles. The van der Waals surface area contributed by atoms with Crippen LogP contribution in [-0.2, 0) is 13.5 Å². The maximum Gasteiger partial charge on any atom is 0.0760 e. The van der Waals surface area contributed by atoms with Crippen LogP contribution in [0.15, 0.2) is 12.3 Å². The molecular weight excluding hydrogens is 224 g/mol. The van der Waals surface area contributed by atoms with Crippen LogP contribution in [0.4, 0.5) is 0 Å². The molecule has 4 aliphatic rings. The lowest BCUT2D eigenvalue weighted by molar-refractivity contribution is -0.172. The SMILES string of the molecule is Cn1ccc(CC2(O)C3CC4CC(C3)CC2C4)n1. The minimum Gasteiger partial charge on any atom is -0.389 e. The summed E-state index contributed by atoms with van der Waals surface area (Å²) in [5.41, 5.74) is 0.606. The molecule has 4 saturated carbocycles. The van der Waals surface area contributed by atoms with Gasteiger partial charge >= 0.3 is 0 Å². The molecular formula is C15H22N2O. The highest BCUT2D eigenvalue weighted by molar-refractivity contribution is 5.13. The Morgan fingerprint density at radius 2 is 1.83 bits per heavy atom. The van der Waals surface area contributed by atoms with E-state index in [4.69, 9.17) is 0 Å². The molecule has 0 atom stereocenters. The van der Waals surface area contributed by atoms with Crippen LogP contribution in [0.1, 0.15) is 37.8 Å². The first kappa shape index (κ1) is 11.0. The van der Waals surface area contributed by atoms with Gasteiger partial charge in [0, 0.05) is 19.7 Å². The first-order valence-corrected chi connectivity index (χ1v) is 7.34. The maximum absolute atomic E-state index is 11.2. The lowest BCUT2D eigenvalue weighted by Crippen LogP contribution is -2.58. The molecule has 0 aromatic carbocycles. The fourth-order valence-corrected chi connectivity index (χ4v) is 5.14. The molecule has 4 bridgehead atoms. The van der Waals surface area contributed by atoms with Gasteiger partial charge in [-0.25, -0.2) is 0 Å². The van der Waals surface area contributed by atoms with Gasteiger partial charge in [-0.05, 0) is 61.8 Å². The molecule has 1 N–H and O–H groups in total. The molecule has 98 valence electrons. The van der Waals surface area contributed by atoms with E-state index < -0.39 is 5.60 Å². The average Bonchev–Trinajstić information content (AvgIpc) is 2.71. The summed E-state index contributed by atoms with van der Waals surface area (Å²) in [6.45, 7) is 0. The van der Waals surface area contributed by atoms with Crippen LogP contribution in [0.25, 0.3) is 0 Å². The van der Waals surface area contributed by atoms with Crippen LogP contribution in [0.2, 0.25) is 0 Å². The summed E-state index contributed by atoms with van der Waals surface area (Å²) in [5.74, 6) is 2.90. The Morgan fingerprint density at radius 3 is 2.33 bits per heavy atom. The average molecular weight is 246 g/mol. The third-order valence-corrected chi connectivity index (χ3v) is 5.79. The van der Waals surface area contributed by atoms with Crippen LogP contribution in [0, 0.1) is 23.7 Å². The monoisotopic (exact) mass is 246 g/mol. The number of aryl methyl sites for hydroxylation is 1. The molecule has 1 aromatic heterocycles. The van der Waals surface area contributed by atoms with Gasteiger partial charge in [-0.1, -0.05) is 0 Å². The third-order valence-electron chi connectivity index (χ3n) is 5.79. The highest BCUT2D eigenvalue weighted by Crippen LogP contribution is 2.58. The summed E-state index contributed by atoms with van der Waals surface area (Å²) in [7, 11) is 1.95. The van der Waals surface area contributed by atoms with Gasteiger partial charge in [-0.15, -0.1) is 0 Å². The van der Waals surface area contributed by atoms with Crippen LogP contribution >= 0.6 is 0 Å². The zero-order valence-corrected chi connectivity index (χ0v) is 11.0. The summed E-state index contributed by atoms with van der Waals surface area (Å²) in [6.07, 6.45) is 9.23. The Hall–Kier alpha value is -0.830. The van der Waals surface area contributed by atoms with Gasteiger partial charge in [-0.3, -0.25) is 4.68 Å². The molecule has 1 heterocycles. The number of rotatable bonds is 2. The fraction of sp³-hybridized carbons (Fsp3) is 0.800. The predicted octanol–water partition coefficient (Wildman–Crippen LogP) is 2.15. The van der Waals surface area contributed by atoms with Gasteiger partial charge in [0.2, 0.25) is 0 Å². The molecule has 3 nitrogen and oxygen atoms in total. The van der Waals surface area contributed by atoms with Crippen LogP contribution in [0.5, 0.6) is 0 Å². The van der Waals surface area contributed by atoms with E-state index >= 15 is 0 Å². The molecule has 3 heteroatoms. The number of hydrogen-bond donors (Lipinski definition) is 1. The second-order valence-corrected chi connectivity index (χ2v) is 6.95. The largest absolute Gasteiger partial charge is 0.389 e. The number of nitrogens with zero attached hydrogens (tertiary/aromatic N) is 2. The highest BCUT2D eigenvalue weighted by atomic mass is 16.3. The summed E-state index contributed by atoms with van der Waals surface area (Å²) in [4.78, 5) is 0. The fourth-order valence-electron chi connectivity index (χ4n) is 5.14. The molecule has 0 radical (unpaired) electrons. The molecule has 5 rings (SSSR count). The van der Waals surface area contributed by atoms with Gasteiger partial charge in [0.05, 0.1) is 11.3 Å². The molecule has 18 heavy (non-hydrogen) atoms. The van der Waals surface area contributed by atoms with Gasteiger partial charge in [0.25, 0.3) is 0 Å². The summed E-state index contributed by atoms with van der Waals surface area (Å²) in [6, 6.07) is 2.06. The second-order valence-electron chi connectivity index (χ2n) is 6.95. The van der Waals surface area contributed by atoms with Crippen molar-refractivity contribution >= 4 is 0 Å².